The smallest absolute Gasteiger partial charge is 0.326 e. The quantitative estimate of drug-likeness (QED) is 0.726. The van der Waals surface area contributed by atoms with Gasteiger partial charge in [0.1, 0.15) is 12.1 Å². The van der Waals surface area contributed by atoms with Crippen molar-refractivity contribution in [1.29, 1.82) is 0 Å². The van der Waals surface area contributed by atoms with Crippen LogP contribution in [0.1, 0.15) is 47.5 Å². The lowest BCUT2D eigenvalue weighted by Gasteiger charge is -2.30. The fraction of sp³-hybridized carbons (Fsp3) is 0.800. The highest BCUT2D eigenvalue weighted by Gasteiger charge is 2.38. The summed E-state index contributed by atoms with van der Waals surface area (Å²) in [6.45, 7) is 9.61. The van der Waals surface area contributed by atoms with Crippen LogP contribution in [-0.4, -0.2) is 52.1 Å². The van der Waals surface area contributed by atoms with Crippen LogP contribution in [0.4, 0.5) is 4.79 Å². The fourth-order valence-electron chi connectivity index (χ4n) is 2.50. The Morgan fingerprint density at radius 3 is 2.27 bits per heavy atom. The maximum absolute atomic E-state index is 12.6. The zero-order chi connectivity index (χ0) is 17.1. The summed E-state index contributed by atoms with van der Waals surface area (Å²) >= 11 is 0. The summed E-state index contributed by atoms with van der Waals surface area (Å²) in [4.78, 5) is 37.2. The molecule has 2 atom stereocenters. The third-order valence-corrected chi connectivity index (χ3v) is 3.53. The van der Waals surface area contributed by atoms with Gasteiger partial charge in [-0.2, -0.15) is 0 Å². The maximum Gasteiger partial charge on any atom is 0.326 e. The average Bonchev–Trinajstić information content (AvgIpc) is 2.81. The lowest BCUT2D eigenvalue weighted by Crippen LogP contribution is -2.57. The molecule has 1 heterocycles. The number of nitrogens with zero attached hydrogens (tertiary/aromatic N) is 1. The van der Waals surface area contributed by atoms with Gasteiger partial charge in [-0.25, -0.2) is 9.59 Å². The molecule has 1 aliphatic rings. The number of urea groups is 1. The number of likely N-dealkylation sites (tertiary alicyclic amines) is 1. The molecule has 1 rings (SSSR count). The molecular formula is C15H27N3O4. The summed E-state index contributed by atoms with van der Waals surface area (Å²) < 4.78 is 0. The highest BCUT2D eigenvalue weighted by molar-refractivity contribution is 5.90. The van der Waals surface area contributed by atoms with Gasteiger partial charge < -0.3 is 20.6 Å². The van der Waals surface area contributed by atoms with E-state index in [2.05, 4.69) is 10.6 Å². The Balaban J connectivity index is 2.80. The lowest BCUT2D eigenvalue weighted by molar-refractivity contribution is -0.149. The van der Waals surface area contributed by atoms with Crippen LogP contribution in [0.5, 0.6) is 0 Å². The lowest BCUT2D eigenvalue weighted by atomic mass is 10.0. The zero-order valence-electron chi connectivity index (χ0n) is 14.0. The van der Waals surface area contributed by atoms with Crippen molar-refractivity contribution in [2.24, 2.45) is 5.92 Å². The first-order chi connectivity index (χ1) is 10.0. The molecule has 1 aliphatic heterocycles. The number of rotatable bonds is 4. The number of carboxylic acid groups (broad SMARTS) is 1. The van der Waals surface area contributed by atoms with Crippen LogP contribution in [0.2, 0.25) is 0 Å². The number of carboxylic acids is 1. The minimum atomic E-state index is -0.993. The van der Waals surface area contributed by atoms with Crippen molar-refractivity contribution in [2.75, 3.05) is 6.54 Å². The van der Waals surface area contributed by atoms with E-state index in [0.717, 1.165) is 0 Å². The Morgan fingerprint density at radius 2 is 1.82 bits per heavy atom. The van der Waals surface area contributed by atoms with Gasteiger partial charge in [0.05, 0.1) is 0 Å². The molecule has 22 heavy (non-hydrogen) atoms. The van der Waals surface area contributed by atoms with Gasteiger partial charge in [-0.15, -0.1) is 0 Å². The van der Waals surface area contributed by atoms with E-state index in [-0.39, 0.29) is 11.8 Å². The molecule has 1 saturated heterocycles. The number of nitrogens with one attached hydrogen (secondary N) is 2. The SMILES string of the molecule is CC(C)C(NC(=O)NC(C)(C)C)C(=O)N1CCCC1C(=O)O. The van der Waals surface area contributed by atoms with Crippen LogP contribution in [0, 0.1) is 5.92 Å². The molecule has 3 N–H and O–H groups in total. The molecule has 7 nitrogen and oxygen atoms in total. The molecule has 3 amide bonds. The van der Waals surface area contributed by atoms with Crippen LogP contribution in [0.15, 0.2) is 0 Å². The van der Waals surface area contributed by atoms with Gasteiger partial charge in [-0.1, -0.05) is 13.8 Å². The molecule has 0 aromatic rings. The third kappa shape index (κ3) is 4.89. The predicted octanol–water partition coefficient (Wildman–Crippen LogP) is 1.18. The molecular weight excluding hydrogens is 286 g/mol. The predicted molar refractivity (Wildman–Crippen MR) is 82.4 cm³/mol. The second-order valence-corrected chi connectivity index (χ2v) is 7.10. The summed E-state index contributed by atoms with van der Waals surface area (Å²) in [5, 5.41) is 14.6. The van der Waals surface area contributed by atoms with Gasteiger partial charge in [-0.05, 0) is 39.5 Å². The van der Waals surface area contributed by atoms with E-state index in [1.54, 1.807) is 0 Å². The Labute approximate surface area is 131 Å². The minimum absolute atomic E-state index is 0.131. The maximum atomic E-state index is 12.6. The van der Waals surface area contributed by atoms with Crippen molar-refractivity contribution >= 4 is 17.9 Å². The Hall–Kier alpha value is -1.79. The molecule has 0 radical (unpaired) electrons. The van der Waals surface area contributed by atoms with Gasteiger partial charge in [0.25, 0.3) is 0 Å². The van der Waals surface area contributed by atoms with Crippen molar-refractivity contribution in [3.63, 3.8) is 0 Å². The van der Waals surface area contributed by atoms with Crippen molar-refractivity contribution < 1.29 is 19.5 Å². The van der Waals surface area contributed by atoms with E-state index < -0.39 is 29.6 Å². The van der Waals surface area contributed by atoms with E-state index in [4.69, 9.17) is 0 Å². The Kier molecular flexibility index (Phi) is 5.79. The van der Waals surface area contributed by atoms with Crippen LogP contribution < -0.4 is 10.6 Å². The summed E-state index contributed by atoms with van der Waals surface area (Å²) in [6.07, 6.45) is 1.13. The summed E-state index contributed by atoms with van der Waals surface area (Å²) in [6, 6.07) is -1.95. The first-order valence-electron chi connectivity index (χ1n) is 7.65. The van der Waals surface area contributed by atoms with Crippen molar-refractivity contribution in [1.82, 2.24) is 15.5 Å². The Bertz CT molecular complexity index is 443. The number of amides is 3. The number of carbonyl (C=O) groups excluding carboxylic acids is 2. The largest absolute Gasteiger partial charge is 0.480 e. The van der Waals surface area contributed by atoms with Crippen LogP contribution in [0.25, 0.3) is 0 Å². The molecule has 0 bridgehead atoms. The van der Waals surface area contributed by atoms with E-state index in [1.807, 2.05) is 34.6 Å². The zero-order valence-corrected chi connectivity index (χ0v) is 14.0. The second-order valence-electron chi connectivity index (χ2n) is 7.10. The topological polar surface area (TPSA) is 98.7 Å². The molecule has 2 unspecified atom stereocenters. The van der Waals surface area contributed by atoms with Crippen molar-refractivity contribution in [3.05, 3.63) is 0 Å². The fourth-order valence-corrected chi connectivity index (χ4v) is 2.50. The van der Waals surface area contributed by atoms with Gasteiger partial charge in [-0.3, -0.25) is 4.79 Å². The minimum Gasteiger partial charge on any atom is -0.480 e. The Morgan fingerprint density at radius 1 is 1.23 bits per heavy atom. The van der Waals surface area contributed by atoms with Crippen LogP contribution in [-0.2, 0) is 9.59 Å². The molecule has 7 heteroatoms. The van der Waals surface area contributed by atoms with Crippen LogP contribution in [0.3, 0.4) is 0 Å². The molecule has 0 saturated carbocycles. The molecule has 0 aromatic carbocycles. The molecule has 0 spiro atoms. The monoisotopic (exact) mass is 313 g/mol. The second kappa shape index (κ2) is 6.98. The van der Waals surface area contributed by atoms with Crippen molar-refractivity contribution in [3.8, 4) is 0 Å². The van der Waals surface area contributed by atoms with Gasteiger partial charge in [0.15, 0.2) is 0 Å². The highest BCUT2D eigenvalue weighted by Crippen LogP contribution is 2.20. The summed E-state index contributed by atoms with van der Waals surface area (Å²) in [5.41, 5.74) is -0.411. The molecule has 0 aliphatic carbocycles. The average molecular weight is 313 g/mol. The number of aliphatic carboxylic acids is 1. The highest BCUT2D eigenvalue weighted by atomic mass is 16.4. The van der Waals surface area contributed by atoms with Crippen molar-refractivity contribution in [2.45, 2.75) is 65.1 Å². The van der Waals surface area contributed by atoms with Gasteiger partial charge >= 0.3 is 12.0 Å². The van der Waals surface area contributed by atoms with E-state index >= 15 is 0 Å². The molecule has 0 aromatic heterocycles. The summed E-state index contributed by atoms with van der Waals surface area (Å²) in [5.74, 6) is -1.45. The van der Waals surface area contributed by atoms with Gasteiger partial charge in [0, 0.05) is 12.1 Å². The van der Waals surface area contributed by atoms with E-state index in [1.165, 1.54) is 4.90 Å². The summed E-state index contributed by atoms with van der Waals surface area (Å²) in [7, 11) is 0. The standard InChI is InChI=1S/C15H27N3O4/c1-9(2)11(16-14(22)17-15(3,4)5)12(19)18-8-6-7-10(18)13(20)21/h9-11H,6-8H2,1-5H3,(H,20,21)(H2,16,17,22). The third-order valence-electron chi connectivity index (χ3n) is 3.53. The van der Waals surface area contributed by atoms with Gasteiger partial charge in [0.2, 0.25) is 5.91 Å². The molecule has 1 fully saturated rings. The number of hydrogen-bond donors (Lipinski definition) is 3. The number of carbonyl (C=O) groups is 3. The van der Waals surface area contributed by atoms with E-state index in [0.29, 0.717) is 19.4 Å². The molecule has 126 valence electrons. The van der Waals surface area contributed by atoms with Crippen LogP contribution >= 0.6 is 0 Å². The van der Waals surface area contributed by atoms with E-state index in [9.17, 15) is 19.5 Å². The first kappa shape index (κ1) is 18.3. The first-order valence-corrected chi connectivity index (χ1v) is 7.65. The normalized spacial score (nSPS) is 19.9. The number of hydrogen-bond acceptors (Lipinski definition) is 3.